The van der Waals surface area contributed by atoms with Gasteiger partial charge in [-0.1, -0.05) is 5.16 Å². The number of ether oxygens (including phenoxy) is 2. The van der Waals surface area contributed by atoms with E-state index in [1.54, 1.807) is 24.7 Å². The molecule has 3 aromatic heterocycles. The lowest BCUT2D eigenvalue weighted by Crippen LogP contribution is -2.25. The highest BCUT2D eigenvalue weighted by Crippen LogP contribution is 2.41. The van der Waals surface area contributed by atoms with Crippen LogP contribution in [0.4, 0.5) is 4.39 Å². The molecule has 0 bridgehead atoms. The van der Waals surface area contributed by atoms with Crippen molar-refractivity contribution in [1.82, 2.24) is 24.1 Å². The van der Waals surface area contributed by atoms with Crippen molar-refractivity contribution in [1.29, 1.82) is 0 Å². The smallest absolute Gasteiger partial charge is 0.277 e. The third kappa shape index (κ3) is 3.05. The Morgan fingerprint density at radius 1 is 1.23 bits per heavy atom. The second kappa shape index (κ2) is 7.54. The predicted octanol–water partition coefficient (Wildman–Crippen LogP) is 2.90. The van der Waals surface area contributed by atoms with E-state index in [0.717, 1.165) is 25.7 Å². The van der Waals surface area contributed by atoms with E-state index in [1.165, 1.54) is 23.0 Å². The minimum Gasteiger partial charge on any atom is -0.383 e. The van der Waals surface area contributed by atoms with Gasteiger partial charge in [0.2, 0.25) is 5.82 Å². The summed E-state index contributed by atoms with van der Waals surface area (Å²) in [6.07, 6.45) is 5.16. The molecule has 1 fully saturated rings. The molecular weight excluding hydrogens is 405 g/mol. The Labute approximate surface area is 176 Å². The average Bonchev–Trinajstić information content (AvgIpc) is 3.52. The first-order chi connectivity index (χ1) is 15.1. The van der Waals surface area contributed by atoms with E-state index in [4.69, 9.17) is 14.0 Å². The molecule has 10 heteroatoms. The molecule has 0 atom stereocenters. The molecule has 9 nitrogen and oxygen atoms in total. The molecule has 4 aromatic rings. The van der Waals surface area contributed by atoms with Gasteiger partial charge in [0, 0.05) is 20.8 Å². The number of fused-ring (bicyclic) bond motifs is 3. The fourth-order valence-corrected chi connectivity index (χ4v) is 4.41. The fourth-order valence-electron chi connectivity index (χ4n) is 4.41. The van der Waals surface area contributed by atoms with Crippen molar-refractivity contribution in [2.24, 2.45) is 0 Å². The maximum absolute atomic E-state index is 13.9. The third-order valence-corrected chi connectivity index (χ3v) is 6.05. The standard InChI is InChI=1S/C21H22FN5O4/c1-29-10-9-26-15-11-13(22)5-6-14(15)27-12-23-16(17(27)19(26)28)18-24-20(31-25-18)21(30-2)7-3-4-8-21/h5-6,11-12H,3-4,7-10H2,1-2H3. The number of hydrogen-bond donors (Lipinski definition) is 0. The summed E-state index contributed by atoms with van der Waals surface area (Å²) in [6.45, 7) is 0.564. The molecular formula is C21H22FN5O4. The van der Waals surface area contributed by atoms with Gasteiger partial charge >= 0.3 is 0 Å². The molecule has 162 valence electrons. The number of nitrogens with zero attached hydrogens (tertiary/aromatic N) is 5. The van der Waals surface area contributed by atoms with Crippen LogP contribution in [0, 0.1) is 5.82 Å². The van der Waals surface area contributed by atoms with Gasteiger partial charge in [-0.2, -0.15) is 4.98 Å². The predicted molar refractivity (Wildman–Crippen MR) is 109 cm³/mol. The molecule has 1 saturated carbocycles. The summed E-state index contributed by atoms with van der Waals surface area (Å²) < 4.78 is 33.5. The Morgan fingerprint density at radius 2 is 2.03 bits per heavy atom. The van der Waals surface area contributed by atoms with Crippen LogP contribution in [0.5, 0.6) is 0 Å². The summed E-state index contributed by atoms with van der Waals surface area (Å²) in [5, 5.41) is 4.10. The summed E-state index contributed by atoms with van der Waals surface area (Å²) in [5.41, 5.74) is 0.762. The van der Waals surface area contributed by atoms with E-state index in [1.807, 2.05) is 0 Å². The molecule has 1 aliphatic carbocycles. The highest BCUT2D eigenvalue weighted by Gasteiger charge is 2.41. The number of halogens is 1. The minimum absolute atomic E-state index is 0.220. The Bertz CT molecular complexity index is 1320. The molecule has 3 heterocycles. The quantitative estimate of drug-likeness (QED) is 0.467. The fraction of sp³-hybridized carbons (Fsp3) is 0.429. The van der Waals surface area contributed by atoms with Gasteiger partial charge in [-0.25, -0.2) is 9.37 Å². The Morgan fingerprint density at radius 3 is 2.77 bits per heavy atom. The van der Waals surface area contributed by atoms with Gasteiger partial charge < -0.3 is 18.6 Å². The Hall–Kier alpha value is -3.11. The molecule has 0 N–H and O–H groups in total. The van der Waals surface area contributed by atoms with Crippen molar-refractivity contribution in [2.75, 3.05) is 20.8 Å². The van der Waals surface area contributed by atoms with Crippen molar-refractivity contribution in [3.63, 3.8) is 0 Å². The first-order valence-corrected chi connectivity index (χ1v) is 10.2. The highest BCUT2D eigenvalue weighted by atomic mass is 19.1. The molecule has 0 amide bonds. The second-order valence-corrected chi connectivity index (χ2v) is 7.72. The monoisotopic (exact) mass is 427 g/mol. The van der Waals surface area contributed by atoms with Crippen LogP contribution >= 0.6 is 0 Å². The van der Waals surface area contributed by atoms with Crippen LogP contribution in [-0.2, 0) is 21.6 Å². The molecule has 31 heavy (non-hydrogen) atoms. The Kier molecular flexibility index (Phi) is 4.82. The lowest BCUT2D eigenvalue weighted by molar-refractivity contribution is -0.0342. The van der Waals surface area contributed by atoms with E-state index in [0.29, 0.717) is 34.7 Å². The van der Waals surface area contributed by atoms with Crippen molar-refractivity contribution < 1.29 is 18.4 Å². The van der Waals surface area contributed by atoms with E-state index in [9.17, 15) is 9.18 Å². The molecule has 0 spiro atoms. The van der Waals surface area contributed by atoms with Gasteiger partial charge in [-0.05, 0) is 43.9 Å². The molecule has 0 unspecified atom stereocenters. The summed E-state index contributed by atoms with van der Waals surface area (Å²) in [7, 11) is 3.19. The van der Waals surface area contributed by atoms with Crippen LogP contribution in [0.15, 0.2) is 33.8 Å². The van der Waals surface area contributed by atoms with E-state index in [-0.39, 0.29) is 17.9 Å². The van der Waals surface area contributed by atoms with Crippen molar-refractivity contribution in [3.05, 3.63) is 46.6 Å². The zero-order valence-electron chi connectivity index (χ0n) is 17.3. The highest BCUT2D eigenvalue weighted by molar-refractivity contribution is 5.83. The summed E-state index contributed by atoms with van der Waals surface area (Å²) in [4.78, 5) is 22.4. The summed E-state index contributed by atoms with van der Waals surface area (Å²) >= 11 is 0. The van der Waals surface area contributed by atoms with Crippen LogP contribution in [0.1, 0.15) is 31.6 Å². The summed E-state index contributed by atoms with van der Waals surface area (Å²) in [6, 6.07) is 4.30. The largest absolute Gasteiger partial charge is 0.383 e. The van der Waals surface area contributed by atoms with Gasteiger partial charge in [0.05, 0.1) is 17.6 Å². The first kappa shape index (κ1) is 19.8. The molecule has 0 aliphatic heterocycles. The lowest BCUT2D eigenvalue weighted by Gasteiger charge is -2.21. The van der Waals surface area contributed by atoms with Gasteiger partial charge in [0.1, 0.15) is 29.0 Å². The van der Waals surface area contributed by atoms with Gasteiger partial charge in [0.15, 0.2) is 0 Å². The number of aromatic nitrogens is 5. The van der Waals surface area contributed by atoms with Crippen LogP contribution in [0.3, 0.4) is 0 Å². The summed E-state index contributed by atoms with van der Waals surface area (Å²) in [5.74, 6) is 0.186. The molecule has 5 rings (SSSR count). The third-order valence-electron chi connectivity index (χ3n) is 6.05. The normalized spacial score (nSPS) is 16.0. The van der Waals surface area contributed by atoms with E-state index >= 15 is 0 Å². The molecule has 1 aliphatic rings. The minimum atomic E-state index is -0.594. The number of imidazole rings is 1. The molecule has 1 aromatic carbocycles. The van der Waals surface area contributed by atoms with Gasteiger partial charge in [0.25, 0.3) is 11.4 Å². The Balaban J connectivity index is 1.71. The number of rotatable bonds is 6. The second-order valence-electron chi connectivity index (χ2n) is 7.72. The van der Waals surface area contributed by atoms with E-state index in [2.05, 4.69) is 15.1 Å². The maximum atomic E-state index is 13.9. The zero-order chi connectivity index (χ0) is 21.6. The average molecular weight is 427 g/mol. The van der Waals surface area contributed by atoms with Crippen LogP contribution in [0.2, 0.25) is 0 Å². The maximum Gasteiger partial charge on any atom is 0.277 e. The lowest BCUT2D eigenvalue weighted by atomic mass is 10.0. The SMILES string of the molecule is COCCn1c(=O)c2c(-c3noc(C4(OC)CCCC4)n3)ncn2c2ccc(F)cc21. The van der Waals surface area contributed by atoms with Crippen molar-refractivity contribution >= 4 is 16.6 Å². The van der Waals surface area contributed by atoms with Crippen LogP contribution in [-0.4, -0.2) is 44.9 Å². The zero-order valence-corrected chi connectivity index (χ0v) is 17.3. The molecule has 0 saturated heterocycles. The van der Waals surface area contributed by atoms with Gasteiger partial charge in [-0.15, -0.1) is 0 Å². The first-order valence-electron chi connectivity index (χ1n) is 10.2. The van der Waals surface area contributed by atoms with Crippen molar-refractivity contribution in [2.45, 2.75) is 37.8 Å². The number of hydrogen-bond acceptors (Lipinski definition) is 7. The topological polar surface area (TPSA) is 96.7 Å². The molecule has 0 radical (unpaired) electrons. The number of benzene rings is 1. The van der Waals surface area contributed by atoms with E-state index < -0.39 is 11.4 Å². The number of methoxy groups -OCH3 is 2. The van der Waals surface area contributed by atoms with Gasteiger partial charge in [-0.3, -0.25) is 9.20 Å². The van der Waals surface area contributed by atoms with Crippen LogP contribution in [0.25, 0.3) is 28.1 Å². The van der Waals surface area contributed by atoms with Crippen LogP contribution < -0.4 is 5.56 Å². The van der Waals surface area contributed by atoms with Crippen molar-refractivity contribution in [3.8, 4) is 11.5 Å².